The van der Waals surface area contributed by atoms with Gasteiger partial charge in [-0.05, 0) is 36.4 Å². The van der Waals surface area contributed by atoms with E-state index in [9.17, 15) is 5.26 Å². The Balaban J connectivity index is 1.59. The average molecular weight is 434 g/mol. The van der Waals surface area contributed by atoms with Gasteiger partial charge >= 0.3 is 0 Å². The van der Waals surface area contributed by atoms with Crippen molar-refractivity contribution in [3.63, 3.8) is 0 Å². The van der Waals surface area contributed by atoms with Crippen molar-refractivity contribution in [1.82, 2.24) is 4.57 Å². The third-order valence-electron chi connectivity index (χ3n) is 6.65. The maximum Gasteiger partial charge on any atom is 0.136 e. The minimum Gasteiger partial charge on any atom is -0.456 e. The van der Waals surface area contributed by atoms with Crippen LogP contribution in [0.2, 0.25) is 0 Å². The van der Waals surface area contributed by atoms with Gasteiger partial charge in [0.15, 0.2) is 0 Å². The first-order valence-electron chi connectivity index (χ1n) is 11.3. The van der Waals surface area contributed by atoms with Crippen LogP contribution >= 0.6 is 0 Å². The number of hydrogen-bond acceptors (Lipinski definition) is 2. The van der Waals surface area contributed by atoms with Gasteiger partial charge in [-0.1, -0.05) is 72.8 Å². The third kappa shape index (κ3) is 2.57. The van der Waals surface area contributed by atoms with E-state index in [2.05, 4.69) is 89.5 Å². The monoisotopic (exact) mass is 434 g/mol. The van der Waals surface area contributed by atoms with Crippen molar-refractivity contribution in [2.45, 2.75) is 0 Å². The molecule has 0 spiro atoms. The minimum absolute atomic E-state index is 0.597. The van der Waals surface area contributed by atoms with E-state index in [-0.39, 0.29) is 0 Å². The quantitative estimate of drug-likeness (QED) is 0.275. The molecule has 0 aliphatic carbocycles. The van der Waals surface area contributed by atoms with Crippen LogP contribution < -0.4 is 0 Å². The van der Waals surface area contributed by atoms with Gasteiger partial charge in [0.1, 0.15) is 11.2 Å². The van der Waals surface area contributed by atoms with E-state index in [4.69, 9.17) is 4.42 Å². The first kappa shape index (κ1) is 18.7. The fourth-order valence-corrected chi connectivity index (χ4v) is 5.17. The fraction of sp³-hybridized carbons (Fsp3) is 0. The zero-order valence-corrected chi connectivity index (χ0v) is 18.2. The molecular weight excluding hydrogens is 416 g/mol. The number of hydrogen-bond donors (Lipinski definition) is 0. The van der Waals surface area contributed by atoms with Crippen LogP contribution in [0, 0.1) is 11.3 Å². The number of nitrogens with zero attached hydrogens (tertiary/aromatic N) is 2. The van der Waals surface area contributed by atoms with Crippen LogP contribution in [0.15, 0.2) is 114 Å². The van der Waals surface area contributed by atoms with Crippen molar-refractivity contribution < 1.29 is 4.42 Å². The van der Waals surface area contributed by atoms with E-state index in [1.165, 1.54) is 10.8 Å². The summed E-state index contributed by atoms with van der Waals surface area (Å²) in [5.41, 5.74) is 7.40. The topological polar surface area (TPSA) is 41.9 Å². The lowest BCUT2D eigenvalue weighted by Gasteiger charge is -2.15. The summed E-state index contributed by atoms with van der Waals surface area (Å²) in [4.78, 5) is 0. The molecule has 0 atom stereocenters. The second kappa shape index (κ2) is 7.10. The molecule has 34 heavy (non-hydrogen) atoms. The van der Waals surface area contributed by atoms with Crippen molar-refractivity contribution in [1.29, 1.82) is 5.26 Å². The van der Waals surface area contributed by atoms with Crippen molar-refractivity contribution in [2.75, 3.05) is 0 Å². The van der Waals surface area contributed by atoms with E-state index in [1.54, 1.807) is 0 Å². The summed E-state index contributed by atoms with van der Waals surface area (Å²) in [6.07, 6.45) is 0. The molecule has 0 amide bonds. The molecule has 3 heteroatoms. The zero-order chi connectivity index (χ0) is 22.6. The van der Waals surface area contributed by atoms with Crippen LogP contribution in [0.3, 0.4) is 0 Å². The Labute approximate surface area is 195 Å². The van der Waals surface area contributed by atoms with E-state index < -0.39 is 0 Å². The summed E-state index contributed by atoms with van der Waals surface area (Å²) < 4.78 is 8.35. The molecular formula is C31H18N2O. The molecule has 5 aromatic carbocycles. The van der Waals surface area contributed by atoms with Crippen molar-refractivity contribution in [3.05, 3.63) is 115 Å². The molecule has 0 saturated heterocycles. The number of para-hydroxylation sites is 4. The second-order valence-electron chi connectivity index (χ2n) is 8.49. The van der Waals surface area contributed by atoms with Gasteiger partial charge in [0.25, 0.3) is 0 Å². The summed E-state index contributed by atoms with van der Waals surface area (Å²) in [5, 5.41) is 14.6. The Morgan fingerprint density at radius 2 is 1.18 bits per heavy atom. The van der Waals surface area contributed by atoms with Gasteiger partial charge in [-0.2, -0.15) is 5.26 Å². The number of fused-ring (bicyclic) bond motifs is 6. The van der Waals surface area contributed by atoms with Gasteiger partial charge in [0.2, 0.25) is 0 Å². The predicted molar refractivity (Wildman–Crippen MR) is 138 cm³/mol. The molecule has 2 aromatic heterocycles. The lowest BCUT2D eigenvalue weighted by Crippen LogP contribution is -1.98. The molecule has 0 bridgehead atoms. The van der Waals surface area contributed by atoms with Gasteiger partial charge in [-0.3, -0.25) is 0 Å². The normalized spacial score (nSPS) is 11.5. The van der Waals surface area contributed by atoms with E-state index >= 15 is 0 Å². The highest BCUT2D eigenvalue weighted by Gasteiger charge is 2.18. The fourth-order valence-electron chi connectivity index (χ4n) is 5.17. The van der Waals surface area contributed by atoms with E-state index in [0.717, 1.165) is 49.8 Å². The van der Waals surface area contributed by atoms with Crippen molar-refractivity contribution in [2.24, 2.45) is 0 Å². The Kier molecular flexibility index (Phi) is 3.91. The summed E-state index contributed by atoms with van der Waals surface area (Å²) in [7, 11) is 0. The van der Waals surface area contributed by atoms with Crippen LogP contribution in [-0.2, 0) is 0 Å². The number of rotatable bonds is 2. The summed E-state index contributed by atoms with van der Waals surface area (Å²) in [6, 6.07) is 39.7. The third-order valence-corrected chi connectivity index (χ3v) is 6.65. The number of aromatic nitrogens is 1. The van der Waals surface area contributed by atoms with Gasteiger partial charge < -0.3 is 8.98 Å². The minimum atomic E-state index is 0.597. The van der Waals surface area contributed by atoms with Crippen LogP contribution in [0.1, 0.15) is 5.56 Å². The van der Waals surface area contributed by atoms with Gasteiger partial charge in [0, 0.05) is 32.7 Å². The molecule has 0 unspecified atom stereocenters. The smallest absolute Gasteiger partial charge is 0.136 e. The van der Waals surface area contributed by atoms with Crippen LogP contribution in [0.25, 0.3) is 60.6 Å². The maximum absolute atomic E-state index is 10.1. The standard InChI is InChI=1S/C31H18N2O/c32-19-20-17-31-26(24-12-4-8-16-30(24)34-31)18-25(20)23-11-3-7-15-29(23)33-27-13-5-1-9-21(27)22-10-2-6-14-28(22)33/h1-18H. The lowest BCUT2D eigenvalue weighted by atomic mass is 9.96. The molecule has 3 nitrogen and oxygen atoms in total. The van der Waals surface area contributed by atoms with Crippen LogP contribution in [-0.4, -0.2) is 4.57 Å². The van der Waals surface area contributed by atoms with Crippen molar-refractivity contribution in [3.8, 4) is 22.9 Å². The second-order valence-corrected chi connectivity index (χ2v) is 8.49. The number of benzene rings is 5. The summed E-state index contributed by atoms with van der Waals surface area (Å²) in [5.74, 6) is 0. The summed E-state index contributed by atoms with van der Waals surface area (Å²) >= 11 is 0. The lowest BCUT2D eigenvalue weighted by molar-refractivity contribution is 0.669. The van der Waals surface area contributed by atoms with Gasteiger partial charge in [-0.25, -0.2) is 0 Å². The molecule has 0 radical (unpaired) electrons. The number of nitriles is 1. The molecule has 158 valence electrons. The van der Waals surface area contributed by atoms with Crippen LogP contribution in [0.4, 0.5) is 0 Å². The molecule has 0 N–H and O–H groups in total. The molecule has 2 heterocycles. The highest BCUT2D eigenvalue weighted by molar-refractivity contribution is 6.10. The molecule has 0 saturated carbocycles. The first-order chi connectivity index (χ1) is 16.8. The van der Waals surface area contributed by atoms with Gasteiger partial charge in [-0.15, -0.1) is 0 Å². The predicted octanol–water partition coefficient (Wildman–Crippen LogP) is 8.22. The van der Waals surface area contributed by atoms with Crippen LogP contribution in [0.5, 0.6) is 0 Å². The highest BCUT2D eigenvalue weighted by atomic mass is 16.3. The Hall–Kier alpha value is -4.81. The highest BCUT2D eigenvalue weighted by Crippen LogP contribution is 2.39. The van der Waals surface area contributed by atoms with Gasteiger partial charge in [0.05, 0.1) is 28.4 Å². The Bertz CT molecular complexity index is 1880. The first-order valence-corrected chi connectivity index (χ1v) is 11.3. The zero-order valence-electron chi connectivity index (χ0n) is 18.2. The van der Waals surface area contributed by atoms with Crippen molar-refractivity contribution >= 4 is 43.7 Å². The molecule has 0 aliphatic heterocycles. The maximum atomic E-state index is 10.1. The summed E-state index contributed by atoms with van der Waals surface area (Å²) in [6.45, 7) is 0. The Morgan fingerprint density at radius 1 is 0.559 bits per heavy atom. The molecule has 7 aromatic rings. The number of furan rings is 1. The molecule has 0 aliphatic rings. The average Bonchev–Trinajstić information content (AvgIpc) is 3.43. The molecule has 7 rings (SSSR count). The molecule has 0 fully saturated rings. The van der Waals surface area contributed by atoms with E-state index in [1.807, 2.05) is 30.3 Å². The Morgan fingerprint density at radius 3 is 1.91 bits per heavy atom. The SMILES string of the molecule is N#Cc1cc2oc3ccccc3c2cc1-c1ccccc1-n1c2ccccc2c2ccccc21. The van der Waals surface area contributed by atoms with E-state index in [0.29, 0.717) is 5.56 Å². The largest absolute Gasteiger partial charge is 0.456 e.